The summed E-state index contributed by atoms with van der Waals surface area (Å²) in [7, 11) is 0. The molecule has 1 aliphatic rings. The van der Waals surface area contributed by atoms with Gasteiger partial charge in [-0.1, -0.05) is 19.1 Å². The third kappa shape index (κ3) is 6.02. The lowest BCUT2D eigenvalue weighted by molar-refractivity contribution is -0.276. The molecule has 180 valence electrons. The number of halogens is 8. The van der Waals surface area contributed by atoms with Crippen molar-refractivity contribution >= 4 is 5.83 Å². The van der Waals surface area contributed by atoms with Crippen LogP contribution in [0, 0.1) is 17.5 Å². The molecule has 3 nitrogen and oxygen atoms in total. The SMILES string of the molecule is CCC/C(F)=C(\F)c1ccc(C2COC(c3cc(F)c(OC(F)(F)F)c(F)c3)OC2)c(F)c1. The van der Waals surface area contributed by atoms with Gasteiger partial charge in [-0.2, -0.15) is 0 Å². The van der Waals surface area contributed by atoms with Gasteiger partial charge >= 0.3 is 6.36 Å². The first-order valence-electron chi connectivity index (χ1n) is 9.82. The highest BCUT2D eigenvalue weighted by atomic mass is 19.4. The Bertz CT molecular complexity index is 1000. The number of hydrogen-bond acceptors (Lipinski definition) is 3. The van der Waals surface area contributed by atoms with Crippen LogP contribution in [-0.2, 0) is 9.47 Å². The predicted octanol–water partition coefficient (Wildman–Crippen LogP) is 7.24. The Labute approximate surface area is 183 Å². The minimum Gasteiger partial charge on any atom is -0.399 e. The Kier molecular flexibility index (Phi) is 7.63. The molecule has 0 saturated carbocycles. The van der Waals surface area contributed by atoms with E-state index < -0.39 is 53.4 Å². The van der Waals surface area contributed by atoms with E-state index in [9.17, 15) is 35.1 Å². The molecule has 0 unspecified atom stereocenters. The molecule has 1 aliphatic heterocycles. The lowest BCUT2D eigenvalue weighted by Gasteiger charge is -2.30. The van der Waals surface area contributed by atoms with E-state index in [-0.39, 0.29) is 36.3 Å². The zero-order chi connectivity index (χ0) is 24.3. The van der Waals surface area contributed by atoms with Crippen LogP contribution < -0.4 is 4.74 Å². The number of ether oxygens (including phenoxy) is 3. The smallest absolute Gasteiger partial charge is 0.399 e. The lowest BCUT2D eigenvalue weighted by atomic mass is 9.97. The molecule has 0 radical (unpaired) electrons. The quantitative estimate of drug-likeness (QED) is 0.407. The van der Waals surface area contributed by atoms with Gasteiger partial charge < -0.3 is 14.2 Å². The van der Waals surface area contributed by atoms with Gasteiger partial charge in [-0.25, -0.2) is 22.0 Å². The van der Waals surface area contributed by atoms with E-state index in [1.807, 2.05) is 0 Å². The second kappa shape index (κ2) is 10.1. The molecule has 0 spiro atoms. The Morgan fingerprint density at radius 2 is 1.58 bits per heavy atom. The average Bonchev–Trinajstić information content (AvgIpc) is 2.75. The second-order valence-corrected chi connectivity index (χ2v) is 7.26. The molecule has 33 heavy (non-hydrogen) atoms. The van der Waals surface area contributed by atoms with Crippen LogP contribution in [0.3, 0.4) is 0 Å². The predicted molar refractivity (Wildman–Crippen MR) is 101 cm³/mol. The molecular formula is C22H18F8O3. The Balaban J connectivity index is 1.71. The Morgan fingerprint density at radius 3 is 2.09 bits per heavy atom. The van der Waals surface area contributed by atoms with Crippen LogP contribution in [0.5, 0.6) is 5.75 Å². The monoisotopic (exact) mass is 482 g/mol. The van der Waals surface area contributed by atoms with E-state index in [0.717, 1.165) is 6.07 Å². The maximum atomic E-state index is 14.5. The van der Waals surface area contributed by atoms with Crippen molar-refractivity contribution in [1.29, 1.82) is 0 Å². The van der Waals surface area contributed by atoms with Crippen molar-refractivity contribution in [3.05, 3.63) is 70.3 Å². The average molecular weight is 482 g/mol. The van der Waals surface area contributed by atoms with Gasteiger partial charge in [0.1, 0.15) is 11.6 Å². The topological polar surface area (TPSA) is 27.7 Å². The summed E-state index contributed by atoms with van der Waals surface area (Å²) >= 11 is 0. The van der Waals surface area contributed by atoms with Gasteiger partial charge in [0, 0.05) is 23.5 Å². The van der Waals surface area contributed by atoms with E-state index in [1.54, 1.807) is 6.92 Å². The van der Waals surface area contributed by atoms with Crippen LogP contribution in [-0.4, -0.2) is 19.6 Å². The van der Waals surface area contributed by atoms with Crippen molar-refractivity contribution < 1.29 is 49.3 Å². The van der Waals surface area contributed by atoms with Gasteiger partial charge in [0.15, 0.2) is 23.8 Å². The number of alkyl halides is 3. The largest absolute Gasteiger partial charge is 0.573 e. The lowest BCUT2D eigenvalue weighted by Crippen LogP contribution is -2.26. The van der Waals surface area contributed by atoms with E-state index >= 15 is 0 Å². The molecule has 0 amide bonds. The van der Waals surface area contributed by atoms with Gasteiger partial charge in [-0.3, -0.25) is 0 Å². The first kappa shape index (κ1) is 25.0. The molecule has 0 atom stereocenters. The summed E-state index contributed by atoms with van der Waals surface area (Å²) in [6.45, 7) is 1.32. The summed E-state index contributed by atoms with van der Waals surface area (Å²) in [4.78, 5) is 0. The molecule has 3 rings (SSSR count). The van der Waals surface area contributed by atoms with Gasteiger partial charge in [0.25, 0.3) is 0 Å². The number of rotatable bonds is 6. The fraction of sp³-hybridized carbons (Fsp3) is 0.364. The highest BCUT2D eigenvalue weighted by Crippen LogP contribution is 2.36. The minimum absolute atomic E-state index is 0.0900. The molecule has 0 N–H and O–H groups in total. The van der Waals surface area contributed by atoms with Gasteiger partial charge in [-0.15, -0.1) is 13.2 Å². The molecule has 0 aromatic heterocycles. The van der Waals surface area contributed by atoms with E-state index in [2.05, 4.69) is 4.74 Å². The highest BCUT2D eigenvalue weighted by Gasteiger charge is 2.35. The highest BCUT2D eigenvalue weighted by molar-refractivity contribution is 5.61. The number of allylic oxidation sites excluding steroid dienone is 1. The summed E-state index contributed by atoms with van der Waals surface area (Å²) in [6.07, 6.45) is -6.35. The zero-order valence-corrected chi connectivity index (χ0v) is 17.1. The van der Waals surface area contributed by atoms with Crippen LogP contribution in [0.2, 0.25) is 0 Å². The molecule has 1 saturated heterocycles. The molecular weight excluding hydrogens is 464 g/mol. The second-order valence-electron chi connectivity index (χ2n) is 7.26. The van der Waals surface area contributed by atoms with Crippen LogP contribution in [0.25, 0.3) is 5.83 Å². The van der Waals surface area contributed by atoms with E-state index in [1.165, 1.54) is 12.1 Å². The van der Waals surface area contributed by atoms with Crippen molar-refractivity contribution in [3.8, 4) is 5.75 Å². The molecule has 0 bridgehead atoms. The number of hydrogen-bond donors (Lipinski definition) is 0. The summed E-state index contributed by atoms with van der Waals surface area (Å²) in [6, 6.07) is 4.45. The van der Waals surface area contributed by atoms with E-state index in [0.29, 0.717) is 18.6 Å². The molecule has 1 heterocycles. The van der Waals surface area contributed by atoms with Crippen LogP contribution in [0.15, 0.2) is 36.2 Å². The van der Waals surface area contributed by atoms with Crippen molar-refractivity contribution in [3.63, 3.8) is 0 Å². The van der Waals surface area contributed by atoms with E-state index in [4.69, 9.17) is 9.47 Å². The summed E-state index contributed by atoms with van der Waals surface area (Å²) < 4.78 is 121. The molecule has 0 aliphatic carbocycles. The summed E-state index contributed by atoms with van der Waals surface area (Å²) in [5.41, 5.74) is -0.413. The first-order valence-corrected chi connectivity index (χ1v) is 9.82. The number of benzene rings is 2. The molecule has 1 fully saturated rings. The normalized spacial score (nSPS) is 19.9. The van der Waals surface area contributed by atoms with Crippen LogP contribution >= 0.6 is 0 Å². The standard InChI is InChI=1S/C22H18F8O3/c1-2-3-15(23)19(27)11-4-5-14(16(24)6-11)13-9-31-21(32-10-13)12-7-17(25)20(18(26)8-12)33-22(28,29)30/h4-8,13,21H,2-3,9-10H2,1H3/b19-15+. The molecule has 11 heteroatoms. The molecule has 2 aromatic rings. The minimum atomic E-state index is -5.28. The van der Waals surface area contributed by atoms with Gasteiger partial charge in [0.2, 0.25) is 5.75 Å². The zero-order valence-electron chi connectivity index (χ0n) is 17.1. The Hall–Kier alpha value is -2.66. The van der Waals surface area contributed by atoms with Crippen molar-refractivity contribution in [2.24, 2.45) is 0 Å². The van der Waals surface area contributed by atoms with Gasteiger partial charge in [-0.05, 0) is 30.2 Å². The third-order valence-corrected chi connectivity index (χ3v) is 4.81. The van der Waals surface area contributed by atoms with Gasteiger partial charge in [0.05, 0.1) is 13.2 Å². The van der Waals surface area contributed by atoms with Crippen LogP contribution in [0.4, 0.5) is 35.1 Å². The van der Waals surface area contributed by atoms with Crippen molar-refractivity contribution in [2.75, 3.05) is 13.2 Å². The molecule has 2 aromatic carbocycles. The Morgan fingerprint density at radius 1 is 0.970 bits per heavy atom. The summed E-state index contributed by atoms with van der Waals surface area (Å²) in [5, 5.41) is 0. The first-order chi connectivity index (χ1) is 15.5. The van der Waals surface area contributed by atoms with Crippen molar-refractivity contribution in [1.82, 2.24) is 0 Å². The van der Waals surface area contributed by atoms with Crippen molar-refractivity contribution in [2.45, 2.75) is 38.3 Å². The summed E-state index contributed by atoms with van der Waals surface area (Å²) in [5.74, 6) is -8.46. The maximum absolute atomic E-state index is 14.5. The third-order valence-electron chi connectivity index (χ3n) is 4.81. The van der Waals surface area contributed by atoms with Crippen LogP contribution in [0.1, 0.15) is 48.7 Å². The fourth-order valence-corrected chi connectivity index (χ4v) is 3.28. The fourth-order valence-electron chi connectivity index (χ4n) is 3.28. The maximum Gasteiger partial charge on any atom is 0.573 e.